The Morgan fingerprint density at radius 3 is 2.59 bits per heavy atom. The van der Waals surface area contributed by atoms with Crippen LogP contribution >= 0.6 is 22.6 Å². The van der Waals surface area contributed by atoms with Crippen molar-refractivity contribution in [2.45, 2.75) is 52.0 Å². The normalized spacial score (nSPS) is 16.7. The van der Waals surface area contributed by atoms with Gasteiger partial charge in [0.25, 0.3) is 0 Å². The minimum atomic E-state index is -0.514. The maximum absolute atomic E-state index is 12.8. The minimum Gasteiger partial charge on any atom is -0.444 e. The largest absolute Gasteiger partial charge is 0.444 e. The standard InChI is InChI=1S/C22H26INO3/c1-22(2,3)27-21(25)24-13-18-9-5-4-8-17(18)12-20(24)15-26-14-16-7-6-10-19(23)11-16/h4-11,20H,12-15H2,1-3H3/t20-/m0/s1. The number of nitrogens with zero attached hydrogens (tertiary/aromatic N) is 1. The number of carbonyl (C=O) groups excluding carboxylic acids is 1. The molecule has 1 aliphatic rings. The lowest BCUT2D eigenvalue weighted by Crippen LogP contribution is -2.48. The van der Waals surface area contributed by atoms with Crippen molar-refractivity contribution >= 4 is 28.7 Å². The molecule has 0 aromatic heterocycles. The number of amides is 1. The summed E-state index contributed by atoms with van der Waals surface area (Å²) in [7, 11) is 0. The van der Waals surface area contributed by atoms with E-state index in [-0.39, 0.29) is 12.1 Å². The third kappa shape index (κ3) is 5.69. The average Bonchev–Trinajstić information content (AvgIpc) is 2.59. The van der Waals surface area contributed by atoms with Crippen LogP contribution in [0.1, 0.15) is 37.5 Å². The maximum Gasteiger partial charge on any atom is 0.410 e. The van der Waals surface area contributed by atoms with Crippen molar-refractivity contribution in [3.05, 3.63) is 68.8 Å². The highest BCUT2D eigenvalue weighted by Gasteiger charge is 2.32. The maximum atomic E-state index is 12.8. The van der Waals surface area contributed by atoms with Gasteiger partial charge in [0.15, 0.2) is 0 Å². The van der Waals surface area contributed by atoms with Crippen LogP contribution in [-0.2, 0) is 29.0 Å². The number of benzene rings is 2. The molecule has 0 N–H and O–H groups in total. The molecular weight excluding hydrogens is 453 g/mol. The van der Waals surface area contributed by atoms with Crippen LogP contribution in [-0.4, -0.2) is 29.2 Å². The van der Waals surface area contributed by atoms with E-state index < -0.39 is 5.60 Å². The molecule has 1 amide bonds. The molecule has 0 fully saturated rings. The number of fused-ring (bicyclic) bond motifs is 1. The van der Waals surface area contributed by atoms with Crippen LogP contribution in [0.2, 0.25) is 0 Å². The molecule has 0 saturated carbocycles. The first kappa shape index (κ1) is 20.1. The molecule has 5 heteroatoms. The Balaban J connectivity index is 1.70. The number of halogens is 1. The van der Waals surface area contributed by atoms with Gasteiger partial charge in [-0.3, -0.25) is 4.90 Å². The van der Waals surface area contributed by atoms with E-state index in [2.05, 4.69) is 52.9 Å². The lowest BCUT2D eigenvalue weighted by atomic mass is 9.94. The lowest BCUT2D eigenvalue weighted by molar-refractivity contribution is -0.00634. The average molecular weight is 479 g/mol. The van der Waals surface area contributed by atoms with Crippen molar-refractivity contribution in [3.8, 4) is 0 Å². The van der Waals surface area contributed by atoms with Crippen molar-refractivity contribution in [2.75, 3.05) is 6.61 Å². The monoisotopic (exact) mass is 479 g/mol. The van der Waals surface area contributed by atoms with Gasteiger partial charge in [0.05, 0.1) is 19.3 Å². The number of carbonyl (C=O) groups is 1. The molecule has 0 spiro atoms. The second kappa shape index (κ2) is 8.61. The zero-order valence-corrected chi connectivity index (χ0v) is 18.2. The van der Waals surface area contributed by atoms with Crippen LogP contribution in [0.15, 0.2) is 48.5 Å². The van der Waals surface area contributed by atoms with Gasteiger partial charge in [-0.25, -0.2) is 4.79 Å². The van der Waals surface area contributed by atoms with E-state index in [0.717, 1.165) is 12.0 Å². The minimum absolute atomic E-state index is 0.0301. The van der Waals surface area contributed by atoms with Gasteiger partial charge in [0.1, 0.15) is 5.60 Å². The first-order chi connectivity index (χ1) is 12.8. The molecule has 0 aliphatic carbocycles. The Morgan fingerprint density at radius 2 is 1.89 bits per heavy atom. The van der Waals surface area contributed by atoms with Gasteiger partial charge in [-0.15, -0.1) is 0 Å². The molecule has 4 nitrogen and oxygen atoms in total. The van der Waals surface area contributed by atoms with E-state index in [9.17, 15) is 4.79 Å². The Kier molecular flexibility index (Phi) is 6.42. The summed E-state index contributed by atoms with van der Waals surface area (Å²) >= 11 is 2.30. The fraction of sp³-hybridized carbons (Fsp3) is 0.409. The molecule has 2 aromatic carbocycles. The van der Waals surface area contributed by atoms with E-state index >= 15 is 0 Å². The van der Waals surface area contributed by atoms with Crippen LogP contribution in [0.3, 0.4) is 0 Å². The van der Waals surface area contributed by atoms with Crippen LogP contribution in [0.25, 0.3) is 0 Å². The third-order valence-electron chi connectivity index (χ3n) is 4.45. The number of rotatable bonds is 4. The van der Waals surface area contributed by atoms with Crippen LogP contribution in [0.5, 0.6) is 0 Å². The first-order valence-electron chi connectivity index (χ1n) is 9.20. The smallest absolute Gasteiger partial charge is 0.410 e. The molecular formula is C22H26INO3. The molecule has 1 aliphatic heterocycles. The number of hydrogen-bond acceptors (Lipinski definition) is 3. The summed E-state index contributed by atoms with van der Waals surface area (Å²) in [6.07, 6.45) is 0.502. The van der Waals surface area contributed by atoms with Crippen molar-refractivity contribution in [1.82, 2.24) is 4.90 Å². The van der Waals surface area contributed by atoms with Gasteiger partial charge in [-0.1, -0.05) is 36.4 Å². The molecule has 144 valence electrons. The van der Waals surface area contributed by atoms with Crippen molar-refractivity contribution in [1.29, 1.82) is 0 Å². The van der Waals surface area contributed by atoms with Crippen molar-refractivity contribution < 1.29 is 14.3 Å². The van der Waals surface area contributed by atoms with Gasteiger partial charge in [0, 0.05) is 10.1 Å². The predicted octanol–water partition coefficient (Wildman–Crippen LogP) is 5.17. The quantitative estimate of drug-likeness (QED) is 0.569. The fourth-order valence-electron chi connectivity index (χ4n) is 3.21. The fourth-order valence-corrected chi connectivity index (χ4v) is 3.82. The molecule has 1 heterocycles. The SMILES string of the molecule is CC(C)(C)OC(=O)N1Cc2ccccc2C[C@H]1COCc1cccc(I)c1. The Hall–Kier alpha value is -1.60. The summed E-state index contributed by atoms with van der Waals surface area (Å²) in [5.74, 6) is 0. The van der Waals surface area contributed by atoms with Crippen molar-refractivity contribution in [2.24, 2.45) is 0 Å². The number of ether oxygens (including phenoxy) is 2. The van der Waals surface area contributed by atoms with Gasteiger partial charge >= 0.3 is 6.09 Å². The molecule has 0 bridgehead atoms. The highest BCUT2D eigenvalue weighted by Crippen LogP contribution is 2.25. The van der Waals surface area contributed by atoms with E-state index in [1.807, 2.05) is 43.9 Å². The van der Waals surface area contributed by atoms with Crippen molar-refractivity contribution in [3.63, 3.8) is 0 Å². The van der Waals surface area contributed by atoms with Gasteiger partial charge < -0.3 is 9.47 Å². The first-order valence-corrected chi connectivity index (χ1v) is 10.3. The zero-order valence-electron chi connectivity index (χ0n) is 16.1. The van der Waals surface area contributed by atoms with Crippen LogP contribution < -0.4 is 0 Å². The molecule has 0 radical (unpaired) electrons. The second-order valence-electron chi connectivity index (χ2n) is 7.88. The Labute approximate surface area is 175 Å². The summed E-state index contributed by atoms with van der Waals surface area (Å²) in [5.41, 5.74) is 3.08. The van der Waals surface area contributed by atoms with E-state index in [0.29, 0.717) is 19.8 Å². The summed E-state index contributed by atoms with van der Waals surface area (Å²) < 4.78 is 12.8. The molecule has 27 heavy (non-hydrogen) atoms. The molecule has 1 atom stereocenters. The van der Waals surface area contributed by atoms with Crippen LogP contribution in [0, 0.1) is 3.57 Å². The highest BCUT2D eigenvalue weighted by atomic mass is 127. The van der Waals surface area contributed by atoms with Gasteiger partial charge in [-0.2, -0.15) is 0 Å². The highest BCUT2D eigenvalue weighted by molar-refractivity contribution is 14.1. The Bertz CT molecular complexity index is 800. The number of hydrogen-bond donors (Lipinski definition) is 0. The third-order valence-corrected chi connectivity index (χ3v) is 5.12. The lowest BCUT2D eigenvalue weighted by Gasteiger charge is -2.37. The topological polar surface area (TPSA) is 38.8 Å². The summed E-state index contributed by atoms with van der Waals surface area (Å²) in [4.78, 5) is 14.6. The molecule has 2 aromatic rings. The molecule has 0 saturated heterocycles. The van der Waals surface area contributed by atoms with Gasteiger partial charge in [0.2, 0.25) is 0 Å². The van der Waals surface area contributed by atoms with E-state index in [1.54, 1.807) is 0 Å². The van der Waals surface area contributed by atoms with E-state index in [4.69, 9.17) is 9.47 Å². The predicted molar refractivity (Wildman–Crippen MR) is 115 cm³/mol. The second-order valence-corrected chi connectivity index (χ2v) is 9.13. The van der Waals surface area contributed by atoms with E-state index in [1.165, 1.54) is 14.7 Å². The summed E-state index contributed by atoms with van der Waals surface area (Å²) in [5, 5.41) is 0. The summed E-state index contributed by atoms with van der Waals surface area (Å²) in [6, 6.07) is 16.5. The molecule has 0 unspecified atom stereocenters. The van der Waals surface area contributed by atoms with Gasteiger partial charge in [-0.05, 0) is 78.6 Å². The summed E-state index contributed by atoms with van der Waals surface area (Å²) in [6.45, 7) is 7.26. The Morgan fingerprint density at radius 1 is 1.15 bits per heavy atom. The molecule has 3 rings (SSSR count). The van der Waals surface area contributed by atoms with Crippen LogP contribution in [0.4, 0.5) is 4.79 Å². The zero-order chi connectivity index (χ0) is 19.4.